The Balaban J connectivity index is 1.89. The van der Waals surface area contributed by atoms with Crippen LogP contribution >= 0.6 is 0 Å². The topological polar surface area (TPSA) is 41.6 Å². The van der Waals surface area contributed by atoms with Gasteiger partial charge in [-0.3, -0.25) is 4.99 Å². The van der Waals surface area contributed by atoms with E-state index in [1.807, 2.05) is 0 Å². The van der Waals surface area contributed by atoms with E-state index in [1.54, 1.807) is 0 Å². The van der Waals surface area contributed by atoms with E-state index < -0.39 is 11.6 Å². The van der Waals surface area contributed by atoms with Crippen LogP contribution in [0, 0.1) is 11.6 Å². The van der Waals surface area contributed by atoms with Gasteiger partial charge in [0.05, 0.1) is 0 Å². The van der Waals surface area contributed by atoms with Gasteiger partial charge >= 0.3 is 0 Å². The van der Waals surface area contributed by atoms with Crippen LogP contribution in [0.2, 0.25) is 0 Å². The number of nitrogens with two attached hydrogens (primary N) is 1. The molecule has 3 nitrogen and oxygen atoms in total. The number of nitrogens with zero attached hydrogens (tertiary/aromatic N) is 2. The Bertz CT molecular complexity index is 466. The van der Waals surface area contributed by atoms with Crippen molar-refractivity contribution in [3.8, 4) is 0 Å². The molecule has 0 radical (unpaired) electrons. The maximum atomic E-state index is 13.4. The highest BCUT2D eigenvalue weighted by atomic mass is 19.1. The van der Waals surface area contributed by atoms with Crippen LogP contribution < -0.4 is 5.73 Å². The van der Waals surface area contributed by atoms with Crippen LogP contribution in [0.5, 0.6) is 0 Å². The van der Waals surface area contributed by atoms with Crippen molar-refractivity contribution in [2.75, 3.05) is 19.6 Å². The summed E-state index contributed by atoms with van der Waals surface area (Å²) >= 11 is 0. The predicted molar refractivity (Wildman–Crippen MR) is 76.6 cm³/mol. The summed E-state index contributed by atoms with van der Waals surface area (Å²) in [6.07, 6.45) is 5.10. The summed E-state index contributed by atoms with van der Waals surface area (Å²) < 4.78 is 26.5. The number of aliphatic imine (C=N–C) groups is 1. The van der Waals surface area contributed by atoms with Crippen LogP contribution in [-0.2, 0) is 6.42 Å². The zero-order valence-corrected chi connectivity index (χ0v) is 11.6. The molecule has 1 heterocycles. The van der Waals surface area contributed by atoms with E-state index >= 15 is 0 Å². The van der Waals surface area contributed by atoms with Gasteiger partial charge in [0.15, 0.2) is 5.96 Å². The maximum Gasteiger partial charge on any atom is 0.191 e. The molecule has 1 aromatic carbocycles. The molecule has 2 rings (SSSR count). The number of likely N-dealkylation sites (tertiary alicyclic amines) is 1. The fourth-order valence-corrected chi connectivity index (χ4v) is 2.43. The number of rotatable bonds is 3. The maximum absolute atomic E-state index is 13.4. The molecule has 0 amide bonds. The van der Waals surface area contributed by atoms with Crippen molar-refractivity contribution < 1.29 is 8.78 Å². The summed E-state index contributed by atoms with van der Waals surface area (Å²) in [5.74, 6) is -0.301. The van der Waals surface area contributed by atoms with Crippen molar-refractivity contribution in [3.63, 3.8) is 0 Å². The quantitative estimate of drug-likeness (QED) is 0.683. The molecule has 1 saturated heterocycles. The highest BCUT2D eigenvalue weighted by molar-refractivity contribution is 5.78. The van der Waals surface area contributed by atoms with Gasteiger partial charge in [0.2, 0.25) is 0 Å². The second-order valence-corrected chi connectivity index (χ2v) is 5.13. The molecule has 5 heteroatoms. The monoisotopic (exact) mass is 281 g/mol. The Hall–Kier alpha value is -1.65. The van der Waals surface area contributed by atoms with Crippen LogP contribution in [0.3, 0.4) is 0 Å². The molecule has 0 atom stereocenters. The molecule has 1 fully saturated rings. The van der Waals surface area contributed by atoms with Gasteiger partial charge in [0.1, 0.15) is 11.6 Å². The second-order valence-electron chi connectivity index (χ2n) is 5.13. The fraction of sp³-hybridized carbons (Fsp3) is 0.533. The average Bonchev–Trinajstić information content (AvgIpc) is 2.71. The van der Waals surface area contributed by atoms with Crippen molar-refractivity contribution in [1.82, 2.24) is 4.90 Å². The van der Waals surface area contributed by atoms with Crippen LogP contribution in [0.4, 0.5) is 8.78 Å². The van der Waals surface area contributed by atoms with Crippen LogP contribution in [0.1, 0.15) is 31.2 Å². The lowest BCUT2D eigenvalue weighted by atomic mass is 10.1. The van der Waals surface area contributed by atoms with E-state index in [-0.39, 0.29) is 0 Å². The normalized spacial score (nSPS) is 17.1. The molecule has 20 heavy (non-hydrogen) atoms. The van der Waals surface area contributed by atoms with E-state index in [0.29, 0.717) is 24.5 Å². The van der Waals surface area contributed by atoms with Crippen molar-refractivity contribution in [2.45, 2.75) is 32.1 Å². The average molecular weight is 281 g/mol. The van der Waals surface area contributed by atoms with E-state index in [2.05, 4.69) is 9.89 Å². The molecule has 0 aromatic heterocycles. The molecule has 2 N–H and O–H groups in total. The number of benzene rings is 1. The molecule has 0 bridgehead atoms. The van der Waals surface area contributed by atoms with Crippen molar-refractivity contribution in [3.05, 3.63) is 35.4 Å². The number of hydrogen-bond donors (Lipinski definition) is 1. The van der Waals surface area contributed by atoms with Gasteiger partial charge < -0.3 is 10.6 Å². The summed E-state index contributed by atoms with van der Waals surface area (Å²) in [5, 5.41) is 0. The largest absolute Gasteiger partial charge is 0.370 e. The molecule has 0 spiro atoms. The zero-order valence-electron chi connectivity index (χ0n) is 11.6. The van der Waals surface area contributed by atoms with Crippen molar-refractivity contribution in [1.29, 1.82) is 0 Å². The van der Waals surface area contributed by atoms with Gasteiger partial charge in [-0.15, -0.1) is 0 Å². The summed E-state index contributed by atoms with van der Waals surface area (Å²) in [6, 6.07) is 3.48. The lowest BCUT2D eigenvalue weighted by Crippen LogP contribution is -2.38. The first-order chi connectivity index (χ1) is 9.66. The smallest absolute Gasteiger partial charge is 0.191 e. The fourth-order valence-electron chi connectivity index (χ4n) is 2.43. The summed E-state index contributed by atoms with van der Waals surface area (Å²) in [5.41, 5.74) is 6.30. The standard InChI is InChI=1S/C15H21F2N3/c16-13-5-6-14(17)12(11-13)7-8-19-15(18)20-9-3-1-2-4-10-20/h5-6,11H,1-4,7-10H2,(H2,18,19). The van der Waals surface area contributed by atoms with Crippen molar-refractivity contribution >= 4 is 5.96 Å². The molecule has 0 saturated carbocycles. The van der Waals surface area contributed by atoms with Gasteiger partial charge in [-0.2, -0.15) is 0 Å². The summed E-state index contributed by atoms with van der Waals surface area (Å²) in [7, 11) is 0. The predicted octanol–water partition coefficient (Wildman–Crippen LogP) is 2.70. The third-order valence-electron chi connectivity index (χ3n) is 3.59. The van der Waals surface area contributed by atoms with E-state index in [0.717, 1.165) is 38.1 Å². The number of hydrogen-bond acceptors (Lipinski definition) is 1. The first-order valence-corrected chi connectivity index (χ1v) is 7.15. The zero-order chi connectivity index (χ0) is 14.4. The lowest BCUT2D eigenvalue weighted by Gasteiger charge is -2.21. The Morgan fingerprint density at radius 3 is 2.55 bits per heavy atom. The van der Waals surface area contributed by atoms with Gasteiger partial charge in [-0.1, -0.05) is 12.8 Å². The Morgan fingerprint density at radius 2 is 1.85 bits per heavy atom. The van der Waals surface area contributed by atoms with Crippen molar-refractivity contribution in [2.24, 2.45) is 10.7 Å². The van der Waals surface area contributed by atoms with Gasteiger partial charge in [-0.05, 0) is 43.0 Å². The Morgan fingerprint density at radius 1 is 1.15 bits per heavy atom. The van der Waals surface area contributed by atoms with Gasteiger partial charge in [0.25, 0.3) is 0 Å². The van der Waals surface area contributed by atoms with Crippen LogP contribution in [-0.4, -0.2) is 30.5 Å². The third-order valence-corrected chi connectivity index (χ3v) is 3.59. The minimum Gasteiger partial charge on any atom is -0.370 e. The molecule has 1 aliphatic heterocycles. The molecular formula is C15H21F2N3. The molecule has 0 aliphatic carbocycles. The lowest BCUT2D eigenvalue weighted by molar-refractivity contribution is 0.428. The first kappa shape index (κ1) is 14.8. The minimum atomic E-state index is -0.425. The molecule has 1 aromatic rings. The Labute approximate surface area is 118 Å². The van der Waals surface area contributed by atoms with Crippen LogP contribution in [0.25, 0.3) is 0 Å². The third kappa shape index (κ3) is 4.18. The van der Waals surface area contributed by atoms with E-state index in [1.165, 1.54) is 18.9 Å². The molecule has 110 valence electrons. The van der Waals surface area contributed by atoms with E-state index in [9.17, 15) is 8.78 Å². The Kier molecular flexibility index (Phi) is 5.32. The number of halogens is 2. The second kappa shape index (κ2) is 7.22. The highest BCUT2D eigenvalue weighted by Gasteiger charge is 2.10. The highest BCUT2D eigenvalue weighted by Crippen LogP contribution is 2.11. The summed E-state index contributed by atoms with van der Waals surface area (Å²) in [6.45, 7) is 2.25. The van der Waals surface area contributed by atoms with E-state index in [4.69, 9.17) is 5.73 Å². The number of guanidine groups is 1. The van der Waals surface area contributed by atoms with Gasteiger partial charge in [-0.25, -0.2) is 8.78 Å². The molecular weight excluding hydrogens is 260 g/mol. The first-order valence-electron chi connectivity index (χ1n) is 7.15. The summed E-state index contributed by atoms with van der Waals surface area (Å²) in [4.78, 5) is 6.37. The van der Waals surface area contributed by atoms with Gasteiger partial charge in [0, 0.05) is 19.6 Å². The molecule has 1 aliphatic rings. The minimum absolute atomic E-state index is 0.345. The van der Waals surface area contributed by atoms with Crippen LogP contribution in [0.15, 0.2) is 23.2 Å². The molecule has 0 unspecified atom stereocenters. The SMILES string of the molecule is NC(=NCCc1cc(F)ccc1F)N1CCCCCC1.